The molecule has 0 saturated carbocycles. The van der Waals surface area contributed by atoms with Crippen LogP contribution in [-0.2, 0) is 6.54 Å². The maximum atomic E-state index is 12.4. The minimum atomic E-state index is -0.342. The summed E-state index contributed by atoms with van der Waals surface area (Å²) in [5.41, 5.74) is 1.06. The number of rotatable bonds is 1. The summed E-state index contributed by atoms with van der Waals surface area (Å²) in [4.78, 5) is 14.3. The molecule has 25 heavy (non-hydrogen) atoms. The molecule has 1 aliphatic rings. The lowest BCUT2D eigenvalue weighted by atomic mass is 10.0. The van der Waals surface area contributed by atoms with Crippen molar-refractivity contribution in [3.63, 3.8) is 0 Å². The Morgan fingerprint density at radius 1 is 1.08 bits per heavy atom. The normalized spacial score (nSPS) is 13.9. The van der Waals surface area contributed by atoms with Crippen molar-refractivity contribution in [1.82, 2.24) is 5.16 Å². The monoisotopic (exact) mass is 334 g/mol. The van der Waals surface area contributed by atoms with Crippen molar-refractivity contribution in [1.29, 1.82) is 0 Å². The predicted molar refractivity (Wildman–Crippen MR) is 92.9 cm³/mol. The van der Waals surface area contributed by atoms with Gasteiger partial charge in [0.2, 0.25) is 0 Å². The van der Waals surface area contributed by atoms with Crippen molar-refractivity contribution in [3.8, 4) is 5.75 Å². The Hall–Kier alpha value is -3.28. The minimum absolute atomic E-state index is 0.342. The number of hydrogen-bond donors (Lipinski definition) is 0. The van der Waals surface area contributed by atoms with E-state index in [1.54, 1.807) is 6.07 Å². The second-order valence-electron chi connectivity index (χ2n) is 6.12. The summed E-state index contributed by atoms with van der Waals surface area (Å²) >= 11 is 0. The highest BCUT2D eigenvalue weighted by molar-refractivity contribution is 6.05. The van der Waals surface area contributed by atoms with Gasteiger partial charge >= 0.3 is 5.63 Å². The highest BCUT2D eigenvalue weighted by atomic mass is 16.5. The average Bonchev–Trinajstić information content (AvgIpc) is 3.08. The first kappa shape index (κ1) is 14.1. The van der Waals surface area contributed by atoms with Gasteiger partial charge < -0.3 is 18.6 Å². The van der Waals surface area contributed by atoms with Crippen LogP contribution in [0.5, 0.6) is 5.75 Å². The van der Waals surface area contributed by atoms with Crippen molar-refractivity contribution in [3.05, 3.63) is 64.2 Å². The van der Waals surface area contributed by atoms with Crippen LogP contribution in [0.2, 0.25) is 0 Å². The molecular weight excluding hydrogens is 320 g/mol. The van der Waals surface area contributed by atoms with E-state index in [1.165, 1.54) is 0 Å². The molecule has 6 nitrogen and oxygen atoms in total. The van der Waals surface area contributed by atoms with E-state index >= 15 is 0 Å². The van der Waals surface area contributed by atoms with Gasteiger partial charge in [0.1, 0.15) is 17.1 Å². The Balaban J connectivity index is 1.73. The molecule has 0 fully saturated rings. The lowest BCUT2D eigenvalue weighted by molar-refractivity contribution is 0.284. The van der Waals surface area contributed by atoms with Gasteiger partial charge in [0.25, 0.3) is 0 Å². The largest absolute Gasteiger partial charge is 0.473 e. The molecule has 1 aliphatic heterocycles. The second kappa shape index (κ2) is 5.11. The predicted octanol–water partition coefficient (Wildman–Crippen LogP) is 3.60. The molecule has 0 bridgehead atoms. The summed E-state index contributed by atoms with van der Waals surface area (Å²) < 4.78 is 16.6. The van der Waals surface area contributed by atoms with Gasteiger partial charge in [-0.3, -0.25) is 0 Å². The number of nitrogens with zero attached hydrogens (tertiary/aromatic N) is 2. The topological polar surface area (TPSA) is 68.7 Å². The smallest absolute Gasteiger partial charge is 0.344 e. The summed E-state index contributed by atoms with van der Waals surface area (Å²) in [6, 6.07) is 13.2. The van der Waals surface area contributed by atoms with E-state index in [2.05, 4.69) is 5.16 Å². The first-order valence-electron chi connectivity index (χ1n) is 7.99. The molecule has 0 radical (unpaired) electrons. The highest BCUT2D eigenvalue weighted by Crippen LogP contribution is 2.35. The molecule has 3 heterocycles. The zero-order valence-corrected chi connectivity index (χ0v) is 13.5. The maximum Gasteiger partial charge on any atom is 0.344 e. The molecule has 6 heteroatoms. The van der Waals surface area contributed by atoms with Crippen LogP contribution in [0.3, 0.4) is 0 Å². The molecule has 0 aliphatic carbocycles. The van der Waals surface area contributed by atoms with Crippen molar-refractivity contribution in [2.45, 2.75) is 13.5 Å². The SMILES string of the molecule is Cc1cc(N2COc3ccc4c(oc(=O)c5ccccc54)c3C2)no1. The van der Waals surface area contributed by atoms with Crippen LogP contribution in [0.1, 0.15) is 11.3 Å². The van der Waals surface area contributed by atoms with E-state index in [0.717, 1.165) is 27.8 Å². The van der Waals surface area contributed by atoms with E-state index in [-0.39, 0.29) is 5.63 Å². The Bertz CT molecular complexity index is 1180. The molecule has 0 unspecified atom stereocenters. The number of anilines is 1. The maximum absolute atomic E-state index is 12.4. The molecular formula is C19H14N2O4. The summed E-state index contributed by atoms with van der Waals surface area (Å²) in [6.07, 6.45) is 0. The number of ether oxygens (including phenoxy) is 1. The lowest BCUT2D eigenvalue weighted by Crippen LogP contribution is -2.32. The Morgan fingerprint density at radius 3 is 2.72 bits per heavy atom. The van der Waals surface area contributed by atoms with Crippen LogP contribution in [-0.4, -0.2) is 11.9 Å². The Labute approximate surface area is 142 Å². The van der Waals surface area contributed by atoms with Crippen molar-refractivity contribution in [2.24, 2.45) is 0 Å². The minimum Gasteiger partial charge on any atom is -0.473 e. The van der Waals surface area contributed by atoms with E-state index < -0.39 is 0 Å². The molecule has 5 rings (SSSR count). The third kappa shape index (κ3) is 2.11. The van der Waals surface area contributed by atoms with Gasteiger partial charge in [-0.2, -0.15) is 0 Å². The van der Waals surface area contributed by atoms with Gasteiger partial charge in [-0.05, 0) is 30.5 Å². The number of benzene rings is 2. The Morgan fingerprint density at radius 2 is 1.92 bits per heavy atom. The summed E-state index contributed by atoms with van der Waals surface area (Å²) in [5, 5.41) is 6.40. The molecule has 0 amide bonds. The number of fused-ring (bicyclic) bond motifs is 5. The fraction of sp³-hybridized carbons (Fsp3) is 0.158. The van der Waals surface area contributed by atoms with Crippen LogP contribution in [0.4, 0.5) is 5.82 Å². The van der Waals surface area contributed by atoms with Crippen molar-refractivity contribution in [2.75, 3.05) is 11.6 Å². The third-order valence-corrected chi connectivity index (χ3v) is 4.51. The number of aryl methyl sites for hydroxylation is 1. The fourth-order valence-electron chi connectivity index (χ4n) is 3.30. The molecule has 0 saturated heterocycles. The van der Waals surface area contributed by atoms with E-state index in [1.807, 2.05) is 48.2 Å². The van der Waals surface area contributed by atoms with E-state index in [4.69, 9.17) is 13.7 Å². The molecule has 0 spiro atoms. The quantitative estimate of drug-likeness (QED) is 0.391. The lowest BCUT2D eigenvalue weighted by Gasteiger charge is -2.28. The van der Waals surface area contributed by atoms with Crippen LogP contribution in [0.25, 0.3) is 21.7 Å². The summed E-state index contributed by atoms with van der Waals surface area (Å²) in [7, 11) is 0. The van der Waals surface area contributed by atoms with Gasteiger partial charge in [0, 0.05) is 11.5 Å². The van der Waals surface area contributed by atoms with Crippen LogP contribution in [0, 0.1) is 6.92 Å². The molecule has 4 aromatic rings. The van der Waals surface area contributed by atoms with Crippen LogP contribution >= 0.6 is 0 Å². The zero-order valence-electron chi connectivity index (χ0n) is 13.5. The van der Waals surface area contributed by atoms with Crippen molar-refractivity contribution >= 4 is 27.6 Å². The number of aromatic nitrogens is 1. The van der Waals surface area contributed by atoms with Crippen molar-refractivity contribution < 1.29 is 13.7 Å². The van der Waals surface area contributed by atoms with E-state index in [0.29, 0.717) is 30.1 Å². The van der Waals surface area contributed by atoms with Gasteiger partial charge in [0.15, 0.2) is 12.5 Å². The third-order valence-electron chi connectivity index (χ3n) is 4.51. The van der Waals surface area contributed by atoms with Gasteiger partial charge in [-0.25, -0.2) is 4.79 Å². The molecule has 2 aromatic carbocycles. The second-order valence-corrected chi connectivity index (χ2v) is 6.12. The molecule has 0 N–H and O–H groups in total. The average molecular weight is 334 g/mol. The number of hydrogen-bond acceptors (Lipinski definition) is 6. The highest BCUT2D eigenvalue weighted by Gasteiger charge is 2.24. The first-order chi connectivity index (χ1) is 12.2. The molecule has 2 aromatic heterocycles. The first-order valence-corrected chi connectivity index (χ1v) is 7.99. The van der Waals surface area contributed by atoms with Crippen LogP contribution in [0.15, 0.2) is 56.2 Å². The van der Waals surface area contributed by atoms with Gasteiger partial charge in [0.05, 0.1) is 17.5 Å². The molecule has 0 atom stereocenters. The van der Waals surface area contributed by atoms with Gasteiger partial charge in [-0.1, -0.05) is 23.4 Å². The molecule has 124 valence electrons. The summed E-state index contributed by atoms with van der Waals surface area (Å²) in [6.45, 7) is 2.73. The van der Waals surface area contributed by atoms with Crippen LogP contribution < -0.4 is 15.3 Å². The summed E-state index contributed by atoms with van der Waals surface area (Å²) in [5.74, 6) is 2.15. The van der Waals surface area contributed by atoms with Gasteiger partial charge in [-0.15, -0.1) is 0 Å². The zero-order chi connectivity index (χ0) is 17.0. The van der Waals surface area contributed by atoms with E-state index in [9.17, 15) is 4.79 Å². The standard InChI is InChI=1S/C19H14N2O4/c1-11-8-17(20-25-11)21-9-15-16(23-10-21)7-6-13-12-4-2-3-5-14(12)19(22)24-18(13)15/h2-8H,9-10H2,1H3. The fourth-order valence-corrected chi connectivity index (χ4v) is 3.30. The Kier molecular flexibility index (Phi) is 2.88.